The van der Waals surface area contributed by atoms with Crippen molar-refractivity contribution in [3.63, 3.8) is 0 Å². The lowest BCUT2D eigenvalue weighted by molar-refractivity contribution is -0.215. The Morgan fingerprint density at radius 1 is 1.02 bits per heavy atom. The fourth-order valence-corrected chi connectivity index (χ4v) is 11.3. The number of guanidine groups is 1. The lowest BCUT2D eigenvalue weighted by atomic mass is 9.56. The molecule has 62 heavy (non-hydrogen) atoms. The van der Waals surface area contributed by atoms with Crippen LogP contribution in [0.5, 0.6) is 0 Å². The summed E-state index contributed by atoms with van der Waals surface area (Å²) in [5.41, 5.74) is 15.3. The van der Waals surface area contributed by atoms with Crippen LogP contribution in [0, 0.1) is 23.7 Å². The molecule has 12 atom stereocenters. The van der Waals surface area contributed by atoms with Crippen LogP contribution >= 0.6 is 0 Å². The zero-order valence-corrected chi connectivity index (χ0v) is 35.2. The van der Waals surface area contributed by atoms with E-state index >= 15 is 0 Å². The number of fused-ring (bicyclic) bond motifs is 6. The Bertz CT molecular complexity index is 2090. The lowest BCUT2D eigenvalue weighted by Crippen LogP contribution is -2.73. The maximum atomic E-state index is 12.9. The van der Waals surface area contributed by atoms with Gasteiger partial charge in [0, 0.05) is 36.6 Å². The van der Waals surface area contributed by atoms with Crippen LogP contribution < -0.4 is 22.1 Å². The summed E-state index contributed by atoms with van der Waals surface area (Å²) in [5, 5.41) is 72.0. The van der Waals surface area contributed by atoms with Crippen LogP contribution in [0.3, 0.4) is 0 Å². The first-order chi connectivity index (χ1) is 29.8. The summed E-state index contributed by atoms with van der Waals surface area (Å²) >= 11 is 0. The van der Waals surface area contributed by atoms with Crippen molar-refractivity contribution in [1.29, 1.82) is 0 Å². The number of aliphatic hydroxyl groups is 5. The number of aliphatic carboxylic acids is 1. The number of hydrogen-bond donors (Lipinski definition) is 11. The number of aliphatic imine (C=N–C) groups is 1. The summed E-state index contributed by atoms with van der Waals surface area (Å²) < 4.78 is 0. The second kappa shape index (κ2) is 19.8. The fraction of sp³-hybridized carbons (Fsp3) is 0.574. The molecule has 2 saturated carbocycles. The van der Waals surface area contributed by atoms with E-state index in [1.807, 2.05) is 18.2 Å². The summed E-state index contributed by atoms with van der Waals surface area (Å²) in [7, 11) is 0. The molecule has 2 aromatic carbocycles. The maximum absolute atomic E-state index is 12.9. The number of aryl methyl sites for hydroxylation is 1. The van der Waals surface area contributed by atoms with E-state index in [4.69, 9.17) is 16.5 Å². The molecule has 7 rings (SSSR count). The molecule has 0 amide bonds. The number of carboxylic acids is 1. The topological polar surface area (TPSA) is 277 Å². The van der Waals surface area contributed by atoms with Gasteiger partial charge in [-0.25, -0.2) is 9.79 Å². The zero-order valence-electron chi connectivity index (χ0n) is 35.2. The van der Waals surface area contributed by atoms with E-state index in [0.717, 1.165) is 61.0 Å². The number of hydrogen-bond acceptors (Lipinski definition) is 13. The number of carboxylic acid groups (broad SMARTS) is 1. The van der Waals surface area contributed by atoms with Crippen LogP contribution in [0.1, 0.15) is 99.7 Å². The first-order valence-corrected chi connectivity index (χ1v) is 22.4. The van der Waals surface area contributed by atoms with Gasteiger partial charge in [0.25, 0.3) is 0 Å². The third kappa shape index (κ3) is 10.1. The number of aromatic amines is 1. The van der Waals surface area contributed by atoms with Crippen LogP contribution in [0.25, 0.3) is 10.8 Å². The van der Waals surface area contributed by atoms with E-state index in [1.54, 1.807) is 6.20 Å². The van der Waals surface area contributed by atoms with Crippen molar-refractivity contribution in [3.8, 4) is 0 Å². The number of nitrogens with zero attached hydrogens (tertiary/aromatic N) is 1. The Labute approximate surface area is 362 Å². The Morgan fingerprint density at radius 3 is 2.55 bits per heavy atom. The highest BCUT2D eigenvalue weighted by Gasteiger charge is 2.61. The predicted octanol–water partition coefficient (Wildman–Crippen LogP) is 3.16. The van der Waals surface area contributed by atoms with Gasteiger partial charge in [0.2, 0.25) is 0 Å². The summed E-state index contributed by atoms with van der Waals surface area (Å²) in [6.45, 7) is 0. The SMILES string of the molecule is NC1=NC(C(=CC(=O)O)C(CC2CCc3cc4ccc(CC=O)cc4cc3C2CCCC(N)CCC(C=O)CCC(O)O)Nc2ccc[nH]2)C2C3CCC(O)C(O)(C3)C(O)C2N1. The molecule has 0 spiro atoms. The number of aliphatic hydroxyl groups excluding tert-OH is 3. The minimum Gasteiger partial charge on any atom is -0.478 e. The maximum Gasteiger partial charge on any atom is 0.328 e. The molecule has 2 fully saturated rings. The number of aldehydes is 2. The van der Waals surface area contributed by atoms with Crippen molar-refractivity contribution in [3.05, 3.63) is 77.0 Å². The Hall–Kier alpha value is -4.64. The van der Waals surface area contributed by atoms with Crippen LogP contribution in [0.2, 0.25) is 0 Å². The van der Waals surface area contributed by atoms with Gasteiger partial charge in [0.1, 0.15) is 30.1 Å². The number of nitrogens with one attached hydrogen (secondary N) is 3. The van der Waals surface area contributed by atoms with E-state index in [-0.39, 0.29) is 48.5 Å². The van der Waals surface area contributed by atoms with E-state index in [1.165, 1.54) is 17.2 Å². The van der Waals surface area contributed by atoms with Gasteiger partial charge >= 0.3 is 5.97 Å². The normalized spacial score (nSPS) is 29.7. The van der Waals surface area contributed by atoms with Crippen molar-refractivity contribution < 1.29 is 45.0 Å². The third-order valence-electron chi connectivity index (χ3n) is 14.5. The second-order valence-corrected chi connectivity index (χ2v) is 18.4. The molecule has 12 unspecified atom stereocenters. The highest BCUT2D eigenvalue weighted by molar-refractivity contribution is 5.86. The molecule has 2 heterocycles. The summed E-state index contributed by atoms with van der Waals surface area (Å²) in [4.78, 5) is 44.2. The molecule has 1 aromatic heterocycles. The van der Waals surface area contributed by atoms with Crippen molar-refractivity contribution in [2.45, 2.75) is 144 Å². The summed E-state index contributed by atoms with van der Waals surface area (Å²) in [6.07, 6.45) is 8.36. The number of aromatic nitrogens is 1. The van der Waals surface area contributed by atoms with Crippen LogP contribution in [-0.4, -0.2) is 108 Å². The molecule has 2 bridgehead atoms. The molecule has 15 nitrogen and oxygen atoms in total. The van der Waals surface area contributed by atoms with Crippen molar-refractivity contribution >= 4 is 41.1 Å². The largest absolute Gasteiger partial charge is 0.478 e. The number of H-pyrrole nitrogens is 1. The van der Waals surface area contributed by atoms with Gasteiger partial charge < -0.3 is 67.3 Å². The average molecular weight is 857 g/mol. The first-order valence-electron chi connectivity index (χ1n) is 22.4. The number of nitrogens with two attached hydrogens (primary N) is 2. The Balaban J connectivity index is 1.21. The Kier molecular flexibility index (Phi) is 14.5. The number of carbonyl (C=O) groups is 3. The molecule has 0 radical (unpaired) electrons. The van der Waals surface area contributed by atoms with E-state index < -0.39 is 54.1 Å². The van der Waals surface area contributed by atoms with Crippen LogP contribution in [0.4, 0.5) is 5.82 Å². The van der Waals surface area contributed by atoms with Gasteiger partial charge in [-0.2, -0.15) is 0 Å². The smallest absolute Gasteiger partial charge is 0.328 e. The number of rotatable bonds is 20. The molecule has 13 N–H and O–H groups in total. The molecular formula is C47H64N6O9. The molecule has 4 aliphatic rings. The third-order valence-corrected chi connectivity index (χ3v) is 14.5. The van der Waals surface area contributed by atoms with E-state index in [2.05, 4.69) is 39.9 Å². The first kappa shape index (κ1) is 45.4. The van der Waals surface area contributed by atoms with Gasteiger partial charge in [-0.15, -0.1) is 0 Å². The molecule has 336 valence electrons. The molecule has 15 heteroatoms. The summed E-state index contributed by atoms with van der Waals surface area (Å²) in [5.74, 6) is -1.21. The molecular weight excluding hydrogens is 793 g/mol. The Morgan fingerprint density at radius 2 is 1.82 bits per heavy atom. The predicted molar refractivity (Wildman–Crippen MR) is 235 cm³/mol. The van der Waals surface area contributed by atoms with Crippen LogP contribution in [0.15, 0.2) is 65.3 Å². The van der Waals surface area contributed by atoms with E-state index in [0.29, 0.717) is 56.3 Å². The standard InChI is InChI=1S/C47H64N6O9/c48-33(13-7-27(25-55)8-15-40(57)58)3-1-4-34-30(11-10-29-20-28-9-6-26(16-18-54)19-32(28)21-35(29)34)22-37(51-39-5-2-17-50-39)36(23-41(59)60)43-42-31-12-14-38(56)47(62,24-31)45(61)44(42)53-46(49)52-43/h2,5-6,9,17-21,23,25,27,30-31,33-34,37-38,40,42-45,50-51,56-58,61-62H,1,3-4,7-8,10-16,22,24,48H2,(H,59,60)(H3,49,52,53). The van der Waals surface area contributed by atoms with Crippen molar-refractivity contribution in [1.82, 2.24) is 10.3 Å². The monoisotopic (exact) mass is 856 g/mol. The second-order valence-electron chi connectivity index (χ2n) is 18.4. The van der Waals surface area contributed by atoms with Crippen molar-refractivity contribution in [2.24, 2.45) is 40.1 Å². The average Bonchev–Trinajstić information content (AvgIpc) is 3.76. The van der Waals surface area contributed by atoms with Crippen molar-refractivity contribution in [2.75, 3.05) is 5.32 Å². The lowest BCUT2D eigenvalue weighted by Gasteiger charge is -2.57. The van der Waals surface area contributed by atoms with E-state index in [9.17, 15) is 45.0 Å². The summed E-state index contributed by atoms with van der Waals surface area (Å²) in [6, 6.07) is 12.1. The van der Waals surface area contributed by atoms with Gasteiger partial charge in [-0.05, 0) is 140 Å². The quantitative estimate of drug-likeness (QED) is 0.0443. The van der Waals surface area contributed by atoms with Gasteiger partial charge in [-0.1, -0.05) is 36.8 Å². The minimum absolute atomic E-state index is 0.0235. The highest BCUT2D eigenvalue weighted by atomic mass is 16.5. The zero-order chi connectivity index (χ0) is 44.1. The van der Waals surface area contributed by atoms with Gasteiger partial charge in [-0.3, -0.25) is 0 Å². The number of carbonyl (C=O) groups excluding carboxylic acids is 2. The molecule has 3 aliphatic carbocycles. The minimum atomic E-state index is -1.74. The highest BCUT2D eigenvalue weighted by Crippen LogP contribution is 2.51. The number of benzene rings is 2. The molecule has 1 aliphatic heterocycles. The molecule has 3 aromatic rings. The number of anilines is 1. The van der Waals surface area contributed by atoms with Crippen LogP contribution in [-0.2, 0) is 27.2 Å². The molecule has 0 saturated heterocycles. The van der Waals surface area contributed by atoms with Gasteiger partial charge in [0.05, 0.1) is 24.2 Å². The van der Waals surface area contributed by atoms with Gasteiger partial charge in [0.15, 0.2) is 12.2 Å². The fourth-order valence-electron chi connectivity index (χ4n) is 11.3.